The molecule has 0 amide bonds. The van der Waals surface area contributed by atoms with E-state index in [1.807, 2.05) is 12.1 Å². The maximum atomic E-state index is 6.01. The van der Waals surface area contributed by atoms with E-state index in [1.54, 1.807) is 0 Å². The van der Waals surface area contributed by atoms with Crippen molar-refractivity contribution in [2.75, 3.05) is 18.0 Å². The van der Waals surface area contributed by atoms with Gasteiger partial charge in [0.15, 0.2) is 5.82 Å². The zero-order valence-electron chi connectivity index (χ0n) is 10.6. The predicted molar refractivity (Wildman–Crippen MR) is 81.1 cm³/mol. The second-order valence-corrected chi connectivity index (χ2v) is 5.91. The molecule has 1 aromatic heterocycles. The molecular weight excluding hydrogens is 304 g/mol. The Balaban J connectivity index is 1.83. The van der Waals surface area contributed by atoms with Crippen molar-refractivity contribution < 1.29 is 0 Å². The number of benzene rings is 1. The van der Waals surface area contributed by atoms with Gasteiger partial charge in [-0.2, -0.15) is 5.10 Å². The number of nitrogens with one attached hydrogen (secondary N) is 1. The number of anilines is 1. The van der Waals surface area contributed by atoms with Crippen molar-refractivity contribution >= 4 is 21.7 Å². The smallest absolute Gasteiger partial charge is 0.151 e. The molecule has 1 atom stereocenters. The highest BCUT2D eigenvalue weighted by Crippen LogP contribution is 2.25. The van der Waals surface area contributed by atoms with Crippen molar-refractivity contribution in [3.63, 3.8) is 0 Å². The first-order valence-electron chi connectivity index (χ1n) is 6.54. The standard InChI is InChI=1S/C14H17BrN4/c15-11-4-1-3-10(7-11)13-8-14(18-17-13)19-6-2-5-12(16)9-19/h1,3-4,7-8,12H,2,5-6,9,16H2,(H,17,18). The van der Waals surface area contributed by atoms with Crippen LogP contribution in [0.1, 0.15) is 12.8 Å². The lowest BCUT2D eigenvalue weighted by Crippen LogP contribution is -2.43. The van der Waals surface area contributed by atoms with E-state index >= 15 is 0 Å². The summed E-state index contributed by atoms with van der Waals surface area (Å²) in [7, 11) is 0. The van der Waals surface area contributed by atoms with Crippen molar-refractivity contribution in [2.45, 2.75) is 18.9 Å². The van der Waals surface area contributed by atoms with Gasteiger partial charge < -0.3 is 10.6 Å². The first kappa shape index (κ1) is 12.7. The van der Waals surface area contributed by atoms with Gasteiger partial charge in [0.05, 0.1) is 5.69 Å². The fourth-order valence-electron chi connectivity index (χ4n) is 2.50. The van der Waals surface area contributed by atoms with E-state index in [0.717, 1.165) is 47.5 Å². The van der Waals surface area contributed by atoms with Crippen LogP contribution >= 0.6 is 15.9 Å². The molecule has 0 saturated carbocycles. The molecular formula is C14H17BrN4. The molecule has 1 unspecified atom stereocenters. The van der Waals surface area contributed by atoms with Crippen LogP contribution in [0, 0.1) is 0 Å². The van der Waals surface area contributed by atoms with E-state index in [1.165, 1.54) is 0 Å². The summed E-state index contributed by atoms with van der Waals surface area (Å²) in [6.45, 7) is 1.93. The fraction of sp³-hybridized carbons (Fsp3) is 0.357. The maximum Gasteiger partial charge on any atom is 0.151 e. The maximum absolute atomic E-state index is 6.01. The molecule has 0 spiro atoms. The molecule has 0 radical (unpaired) electrons. The minimum absolute atomic E-state index is 0.264. The molecule has 2 aromatic rings. The summed E-state index contributed by atoms with van der Waals surface area (Å²) in [6.07, 6.45) is 2.25. The van der Waals surface area contributed by atoms with Crippen LogP contribution in [0.3, 0.4) is 0 Å². The Bertz CT molecular complexity index is 566. The van der Waals surface area contributed by atoms with Crippen LogP contribution < -0.4 is 10.6 Å². The molecule has 2 heterocycles. The van der Waals surface area contributed by atoms with Crippen molar-refractivity contribution in [1.29, 1.82) is 0 Å². The van der Waals surface area contributed by atoms with Crippen LogP contribution in [0.5, 0.6) is 0 Å². The van der Waals surface area contributed by atoms with Gasteiger partial charge in [0, 0.05) is 35.2 Å². The highest BCUT2D eigenvalue weighted by atomic mass is 79.9. The molecule has 1 aliphatic rings. The summed E-state index contributed by atoms with van der Waals surface area (Å²) >= 11 is 3.49. The van der Waals surface area contributed by atoms with Crippen LogP contribution in [0.4, 0.5) is 5.82 Å². The summed E-state index contributed by atoms with van der Waals surface area (Å²) in [6, 6.07) is 10.6. The highest BCUT2D eigenvalue weighted by molar-refractivity contribution is 9.10. The number of nitrogens with two attached hydrogens (primary N) is 1. The summed E-state index contributed by atoms with van der Waals surface area (Å²) in [4.78, 5) is 2.26. The predicted octanol–water partition coefficient (Wildman–Crippen LogP) is 2.77. The number of hydrogen-bond acceptors (Lipinski definition) is 3. The molecule has 5 heteroatoms. The molecule has 3 rings (SSSR count). The number of piperidine rings is 1. The topological polar surface area (TPSA) is 57.9 Å². The number of rotatable bonds is 2. The minimum Gasteiger partial charge on any atom is -0.354 e. The number of aromatic nitrogens is 2. The number of nitrogens with zero attached hydrogens (tertiary/aromatic N) is 2. The average Bonchev–Trinajstić information content (AvgIpc) is 2.88. The number of halogens is 1. The SMILES string of the molecule is NC1CCCN(c2cc(-c3cccc(Br)c3)[nH]n2)C1. The van der Waals surface area contributed by atoms with Gasteiger partial charge in [-0.05, 0) is 25.0 Å². The van der Waals surface area contributed by atoms with Gasteiger partial charge in [-0.3, -0.25) is 5.10 Å². The van der Waals surface area contributed by atoms with Crippen LogP contribution in [0.25, 0.3) is 11.3 Å². The Hall–Kier alpha value is -1.33. The van der Waals surface area contributed by atoms with Gasteiger partial charge in [-0.15, -0.1) is 0 Å². The van der Waals surface area contributed by atoms with Crippen molar-refractivity contribution in [3.05, 3.63) is 34.8 Å². The van der Waals surface area contributed by atoms with E-state index in [0.29, 0.717) is 0 Å². The molecule has 1 aliphatic heterocycles. The lowest BCUT2D eigenvalue weighted by Gasteiger charge is -2.30. The summed E-state index contributed by atoms with van der Waals surface area (Å²) in [5, 5.41) is 7.52. The second-order valence-electron chi connectivity index (χ2n) is 5.00. The second kappa shape index (κ2) is 5.35. The number of H-pyrrole nitrogens is 1. The summed E-state index contributed by atoms with van der Waals surface area (Å²) in [5.41, 5.74) is 8.19. The van der Waals surface area contributed by atoms with Crippen LogP contribution in [-0.4, -0.2) is 29.3 Å². The van der Waals surface area contributed by atoms with Crippen LogP contribution in [0.2, 0.25) is 0 Å². The van der Waals surface area contributed by atoms with Crippen molar-refractivity contribution in [1.82, 2.24) is 10.2 Å². The minimum atomic E-state index is 0.264. The third-order valence-electron chi connectivity index (χ3n) is 3.48. The van der Waals surface area contributed by atoms with Gasteiger partial charge in [0.1, 0.15) is 0 Å². The van der Waals surface area contributed by atoms with E-state index in [2.05, 4.69) is 49.2 Å². The highest BCUT2D eigenvalue weighted by Gasteiger charge is 2.19. The van der Waals surface area contributed by atoms with Crippen molar-refractivity contribution in [2.24, 2.45) is 5.73 Å². The Morgan fingerprint density at radius 1 is 1.37 bits per heavy atom. The van der Waals surface area contributed by atoms with Gasteiger partial charge >= 0.3 is 0 Å². The Labute approximate surface area is 121 Å². The molecule has 3 N–H and O–H groups in total. The molecule has 0 bridgehead atoms. The van der Waals surface area contributed by atoms with Crippen molar-refractivity contribution in [3.8, 4) is 11.3 Å². The third kappa shape index (κ3) is 2.82. The quantitative estimate of drug-likeness (QED) is 0.894. The molecule has 1 saturated heterocycles. The molecule has 19 heavy (non-hydrogen) atoms. The molecule has 0 aliphatic carbocycles. The largest absolute Gasteiger partial charge is 0.354 e. The lowest BCUT2D eigenvalue weighted by atomic mass is 10.1. The summed E-state index contributed by atoms with van der Waals surface area (Å²) < 4.78 is 1.07. The van der Waals surface area contributed by atoms with Crippen LogP contribution in [-0.2, 0) is 0 Å². The van der Waals surface area contributed by atoms with E-state index in [-0.39, 0.29) is 6.04 Å². The van der Waals surface area contributed by atoms with Gasteiger partial charge in [0.2, 0.25) is 0 Å². The van der Waals surface area contributed by atoms with Gasteiger partial charge in [0.25, 0.3) is 0 Å². The van der Waals surface area contributed by atoms with Gasteiger partial charge in [-0.1, -0.05) is 28.1 Å². The van der Waals surface area contributed by atoms with Crippen LogP contribution in [0.15, 0.2) is 34.8 Å². The van der Waals surface area contributed by atoms with E-state index in [9.17, 15) is 0 Å². The lowest BCUT2D eigenvalue weighted by molar-refractivity contribution is 0.503. The Kier molecular flexibility index (Phi) is 3.57. The third-order valence-corrected chi connectivity index (χ3v) is 3.98. The first-order chi connectivity index (χ1) is 9.22. The Morgan fingerprint density at radius 3 is 3.05 bits per heavy atom. The summed E-state index contributed by atoms with van der Waals surface area (Å²) in [5.74, 6) is 0.991. The number of aromatic amines is 1. The fourth-order valence-corrected chi connectivity index (χ4v) is 2.89. The number of hydrogen-bond donors (Lipinski definition) is 2. The van der Waals surface area contributed by atoms with Gasteiger partial charge in [-0.25, -0.2) is 0 Å². The zero-order valence-corrected chi connectivity index (χ0v) is 12.2. The normalized spacial score (nSPS) is 19.7. The molecule has 1 fully saturated rings. The average molecular weight is 321 g/mol. The Morgan fingerprint density at radius 2 is 2.26 bits per heavy atom. The monoisotopic (exact) mass is 320 g/mol. The molecule has 1 aromatic carbocycles. The van der Waals surface area contributed by atoms with E-state index < -0.39 is 0 Å². The zero-order chi connectivity index (χ0) is 13.2. The first-order valence-corrected chi connectivity index (χ1v) is 7.33. The molecule has 100 valence electrons. The molecule has 4 nitrogen and oxygen atoms in total. The van der Waals surface area contributed by atoms with E-state index in [4.69, 9.17) is 5.73 Å².